The fourth-order valence-electron chi connectivity index (χ4n) is 1.36. The van der Waals surface area contributed by atoms with Gasteiger partial charge in [-0.25, -0.2) is 4.79 Å². The van der Waals surface area contributed by atoms with E-state index in [2.05, 4.69) is 0 Å². The van der Waals surface area contributed by atoms with Gasteiger partial charge in [0.2, 0.25) is 5.60 Å². The van der Waals surface area contributed by atoms with Crippen LogP contribution in [-0.2, 0) is 9.53 Å². The molecule has 0 radical (unpaired) electrons. The van der Waals surface area contributed by atoms with Crippen LogP contribution in [-0.4, -0.2) is 37.5 Å². The van der Waals surface area contributed by atoms with Gasteiger partial charge in [0.05, 0.1) is 13.7 Å². The van der Waals surface area contributed by atoms with E-state index in [1.165, 1.54) is 21.1 Å². The predicted molar refractivity (Wildman–Crippen MR) is 61.5 cm³/mol. The molecule has 5 heteroatoms. The van der Waals surface area contributed by atoms with Crippen LogP contribution in [0, 0.1) is 0 Å². The van der Waals surface area contributed by atoms with Gasteiger partial charge in [-0.2, -0.15) is 0 Å². The maximum atomic E-state index is 11.2. The van der Waals surface area contributed by atoms with E-state index in [-0.39, 0.29) is 6.61 Å². The summed E-state index contributed by atoms with van der Waals surface area (Å²) >= 11 is 0. The molecule has 1 atom stereocenters. The van der Waals surface area contributed by atoms with Gasteiger partial charge in [-0.05, 0) is 19.1 Å². The highest BCUT2D eigenvalue weighted by Crippen LogP contribution is 2.29. The van der Waals surface area contributed by atoms with Gasteiger partial charge in [0.25, 0.3) is 0 Å². The molecule has 0 fully saturated rings. The summed E-state index contributed by atoms with van der Waals surface area (Å²) in [7, 11) is 2.92. The van der Waals surface area contributed by atoms with Crippen LogP contribution in [0.3, 0.4) is 0 Å². The molecule has 0 saturated carbocycles. The molecule has 94 valence electrons. The van der Waals surface area contributed by atoms with Crippen molar-refractivity contribution in [1.29, 1.82) is 0 Å². The van der Waals surface area contributed by atoms with E-state index in [0.717, 1.165) is 0 Å². The summed E-state index contributed by atoms with van der Waals surface area (Å²) in [6.45, 7) is 1.39. The third-order valence-corrected chi connectivity index (χ3v) is 2.28. The Labute approximate surface area is 99.9 Å². The molecule has 0 amide bonds. The van der Waals surface area contributed by atoms with Crippen molar-refractivity contribution in [1.82, 2.24) is 0 Å². The van der Waals surface area contributed by atoms with Crippen LogP contribution in [0.4, 0.5) is 0 Å². The fraction of sp³-hybridized carbons (Fsp3) is 0.417. The number of aliphatic carboxylic acids is 1. The zero-order valence-electron chi connectivity index (χ0n) is 10.1. The van der Waals surface area contributed by atoms with E-state index < -0.39 is 11.6 Å². The van der Waals surface area contributed by atoms with Crippen LogP contribution in [0.25, 0.3) is 0 Å². The maximum Gasteiger partial charge on any atom is 0.350 e. The van der Waals surface area contributed by atoms with Gasteiger partial charge >= 0.3 is 5.97 Å². The summed E-state index contributed by atoms with van der Waals surface area (Å²) in [5.74, 6) is -0.238. The highest BCUT2D eigenvalue weighted by Gasteiger charge is 2.36. The Balaban J connectivity index is 2.97. The second-order valence-corrected chi connectivity index (χ2v) is 3.72. The van der Waals surface area contributed by atoms with Crippen molar-refractivity contribution in [2.45, 2.75) is 12.5 Å². The molecular formula is C12H16O5. The fourth-order valence-corrected chi connectivity index (χ4v) is 1.36. The average Bonchev–Trinajstić information content (AvgIpc) is 2.30. The van der Waals surface area contributed by atoms with Crippen molar-refractivity contribution in [2.24, 2.45) is 0 Å². The lowest BCUT2D eigenvalue weighted by Gasteiger charge is -2.26. The van der Waals surface area contributed by atoms with E-state index in [0.29, 0.717) is 11.5 Å². The maximum absolute atomic E-state index is 11.2. The molecule has 0 spiro atoms. The molecule has 17 heavy (non-hydrogen) atoms. The summed E-state index contributed by atoms with van der Waals surface area (Å²) < 4.78 is 15.4. The highest BCUT2D eigenvalue weighted by molar-refractivity contribution is 5.77. The van der Waals surface area contributed by atoms with Gasteiger partial charge in [0, 0.05) is 7.11 Å². The van der Waals surface area contributed by atoms with Gasteiger partial charge in [-0.3, -0.25) is 0 Å². The molecule has 5 nitrogen and oxygen atoms in total. The van der Waals surface area contributed by atoms with Gasteiger partial charge < -0.3 is 19.3 Å². The number of carboxylic acid groups (broad SMARTS) is 1. The Morgan fingerprint density at radius 3 is 2.35 bits per heavy atom. The van der Waals surface area contributed by atoms with Crippen LogP contribution in [0.15, 0.2) is 24.3 Å². The SMILES string of the molecule is COCC(C)(Oc1ccccc1OC)C(=O)O. The number of ether oxygens (including phenoxy) is 3. The van der Waals surface area contributed by atoms with E-state index in [4.69, 9.17) is 19.3 Å². The van der Waals surface area contributed by atoms with Crippen molar-refractivity contribution in [3.8, 4) is 11.5 Å². The predicted octanol–water partition coefficient (Wildman–Crippen LogP) is 1.56. The van der Waals surface area contributed by atoms with Gasteiger partial charge in [0.1, 0.15) is 0 Å². The summed E-state index contributed by atoms with van der Waals surface area (Å²) in [5.41, 5.74) is -1.44. The van der Waals surface area contributed by atoms with Crippen molar-refractivity contribution in [3.05, 3.63) is 24.3 Å². The molecule has 1 unspecified atom stereocenters. The topological polar surface area (TPSA) is 65.0 Å². The minimum absolute atomic E-state index is 0.0552. The lowest BCUT2D eigenvalue weighted by atomic mass is 10.1. The third kappa shape index (κ3) is 3.10. The van der Waals surface area contributed by atoms with E-state index >= 15 is 0 Å². The smallest absolute Gasteiger partial charge is 0.350 e. The van der Waals surface area contributed by atoms with Crippen LogP contribution in [0.1, 0.15) is 6.92 Å². The Morgan fingerprint density at radius 2 is 1.88 bits per heavy atom. The molecule has 0 aromatic heterocycles. The molecular weight excluding hydrogens is 224 g/mol. The first-order valence-electron chi connectivity index (χ1n) is 5.08. The van der Waals surface area contributed by atoms with E-state index in [1.54, 1.807) is 24.3 Å². The molecule has 0 saturated heterocycles. The minimum Gasteiger partial charge on any atom is -0.493 e. The standard InChI is InChI=1S/C12H16O5/c1-12(8-15-2,11(13)14)17-10-7-5-4-6-9(10)16-3/h4-7H,8H2,1-3H3,(H,13,14). The molecule has 0 aliphatic rings. The zero-order valence-corrected chi connectivity index (χ0v) is 10.1. The lowest BCUT2D eigenvalue weighted by molar-refractivity contribution is -0.158. The minimum atomic E-state index is -1.44. The van der Waals surface area contributed by atoms with Crippen LogP contribution in [0.5, 0.6) is 11.5 Å². The number of benzene rings is 1. The number of methoxy groups -OCH3 is 2. The molecule has 1 rings (SSSR count). The number of carboxylic acids is 1. The largest absolute Gasteiger partial charge is 0.493 e. The van der Waals surface area contributed by atoms with Crippen LogP contribution < -0.4 is 9.47 Å². The van der Waals surface area contributed by atoms with Crippen molar-refractivity contribution >= 4 is 5.97 Å². The first-order valence-corrected chi connectivity index (χ1v) is 5.08. The van der Waals surface area contributed by atoms with Crippen LogP contribution in [0.2, 0.25) is 0 Å². The number of hydrogen-bond acceptors (Lipinski definition) is 4. The number of hydrogen-bond donors (Lipinski definition) is 1. The normalized spacial score (nSPS) is 13.8. The Morgan fingerprint density at radius 1 is 1.29 bits per heavy atom. The number of para-hydroxylation sites is 2. The summed E-state index contributed by atoms with van der Waals surface area (Å²) in [6.07, 6.45) is 0. The van der Waals surface area contributed by atoms with Gasteiger partial charge in [-0.15, -0.1) is 0 Å². The van der Waals surface area contributed by atoms with Crippen molar-refractivity contribution in [2.75, 3.05) is 20.8 Å². The molecule has 1 aromatic carbocycles. The van der Waals surface area contributed by atoms with Gasteiger partial charge in [0.15, 0.2) is 11.5 Å². The highest BCUT2D eigenvalue weighted by atomic mass is 16.6. The average molecular weight is 240 g/mol. The molecule has 0 aliphatic heterocycles. The summed E-state index contributed by atoms with van der Waals surface area (Å²) in [4.78, 5) is 11.2. The van der Waals surface area contributed by atoms with Crippen LogP contribution >= 0.6 is 0 Å². The molecule has 1 aromatic rings. The molecule has 0 aliphatic carbocycles. The Hall–Kier alpha value is -1.75. The molecule has 1 N–H and O–H groups in total. The van der Waals surface area contributed by atoms with Crippen molar-refractivity contribution < 1.29 is 24.1 Å². The second kappa shape index (κ2) is 5.54. The zero-order chi connectivity index (χ0) is 12.9. The number of rotatable bonds is 6. The molecule has 0 bridgehead atoms. The Bertz CT molecular complexity index is 390. The van der Waals surface area contributed by atoms with E-state index in [1.807, 2.05) is 0 Å². The lowest BCUT2D eigenvalue weighted by Crippen LogP contribution is -2.45. The van der Waals surface area contributed by atoms with Crippen molar-refractivity contribution in [3.63, 3.8) is 0 Å². The first kappa shape index (κ1) is 13.3. The van der Waals surface area contributed by atoms with Gasteiger partial charge in [-0.1, -0.05) is 12.1 Å². The summed E-state index contributed by atoms with van der Waals surface area (Å²) in [6, 6.07) is 6.87. The quantitative estimate of drug-likeness (QED) is 0.817. The number of carbonyl (C=O) groups is 1. The Kier molecular flexibility index (Phi) is 4.34. The third-order valence-electron chi connectivity index (χ3n) is 2.28. The second-order valence-electron chi connectivity index (χ2n) is 3.72. The summed E-state index contributed by atoms with van der Waals surface area (Å²) in [5, 5.41) is 9.14. The monoisotopic (exact) mass is 240 g/mol. The molecule has 0 heterocycles. The van der Waals surface area contributed by atoms with E-state index in [9.17, 15) is 4.79 Å². The first-order chi connectivity index (χ1) is 8.03.